The van der Waals surface area contributed by atoms with Gasteiger partial charge in [-0.3, -0.25) is 4.79 Å². The quantitative estimate of drug-likeness (QED) is 0.637. The molecule has 0 aliphatic carbocycles. The monoisotopic (exact) mass is 340 g/mol. The summed E-state index contributed by atoms with van der Waals surface area (Å²) in [5.74, 6) is 0.738. The molecular formula is C16H25ClN4O2. The summed E-state index contributed by atoms with van der Waals surface area (Å²) in [4.78, 5) is 22.7. The molecule has 7 heteroatoms. The van der Waals surface area contributed by atoms with Crippen LogP contribution < -0.4 is 21.7 Å². The van der Waals surface area contributed by atoms with Gasteiger partial charge in [-0.2, -0.15) is 0 Å². The maximum atomic E-state index is 11.9. The Kier molecular flexibility index (Phi) is 8.43. The number of carbonyl (C=O) groups is 2. The molecule has 2 rings (SSSR count). The van der Waals surface area contributed by atoms with E-state index in [0.717, 1.165) is 37.9 Å². The van der Waals surface area contributed by atoms with Crippen LogP contribution in [-0.2, 0) is 11.3 Å². The molecule has 1 fully saturated rings. The lowest BCUT2D eigenvalue weighted by Crippen LogP contribution is -2.29. The number of urea groups is 1. The van der Waals surface area contributed by atoms with Crippen LogP contribution in [0.3, 0.4) is 0 Å². The van der Waals surface area contributed by atoms with Crippen LogP contribution >= 0.6 is 12.4 Å². The van der Waals surface area contributed by atoms with Crippen LogP contribution in [0.1, 0.15) is 31.2 Å². The number of benzene rings is 1. The summed E-state index contributed by atoms with van der Waals surface area (Å²) in [6, 6.07) is 6.69. The highest BCUT2D eigenvalue weighted by molar-refractivity contribution is 5.87. The van der Waals surface area contributed by atoms with Crippen LogP contribution in [0.4, 0.5) is 10.5 Å². The lowest BCUT2D eigenvalue weighted by molar-refractivity contribution is -0.121. The summed E-state index contributed by atoms with van der Waals surface area (Å²) in [6.07, 6.45) is 3.85. The number of halogens is 1. The maximum absolute atomic E-state index is 11.9. The van der Waals surface area contributed by atoms with Gasteiger partial charge in [-0.1, -0.05) is 12.1 Å². The number of carbonyl (C=O) groups excluding carboxylic acids is 2. The molecule has 128 valence electrons. The zero-order chi connectivity index (χ0) is 15.8. The summed E-state index contributed by atoms with van der Waals surface area (Å²) in [5.41, 5.74) is 6.65. The number of anilines is 1. The second-order valence-corrected chi connectivity index (χ2v) is 5.70. The number of piperidine rings is 1. The van der Waals surface area contributed by atoms with E-state index in [4.69, 9.17) is 5.73 Å². The van der Waals surface area contributed by atoms with E-state index in [2.05, 4.69) is 16.0 Å². The normalized spacial score (nSPS) is 14.6. The van der Waals surface area contributed by atoms with E-state index in [1.54, 1.807) is 12.1 Å². The van der Waals surface area contributed by atoms with Gasteiger partial charge in [-0.15, -0.1) is 12.4 Å². The lowest BCUT2D eigenvalue weighted by Gasteiger charge is -2.22. The van der Waals surface area contributed by atoms with Crippen LogP contribution in [0.15, 0.2) is 24.3 Å². The maximum Gasteiger partial charge on any atom is 0.316 e. The number of nitrogens with two attached hydrogens (primary N) is 1. The van der Waals surface area contributed by atoms with Crippen molar-refractivity contribution in [2.75, 3.05) is 18.4 Å². The standard InChI is InChI=1S/C16H24N4O2.ClH/c17-16(22)20-14-3-1-2-13(10-14)11-19-15(21)5-4-12-6-8-18-9-7-12;/h1-3,10,12,18H,4-9,11H2,(H,19,21)(H3,17,20,22);1H. The van der Waals surface area contributed by atoms with E-state index >= 15 is 0 Å². The van der Waals surface area contributed by atoms with Crippen molar-refractivity contribution < 1.29 is 9.59 Å². The third kappa shape index (κ3) is 7.34. The zero-order valence-corrected chi connectivity index (χ0v) is 14.0. The molecule has 0 unspecified atom stereocenters. The minimum absolute atomic E-state index is 0. The predicted octanol–water partition coefficient (Wildman–Crippen LogP) is 1.99. The van der Waals surface area contributed by atoms with Crippen LogP contribution in [0.5, 0.6) is 0 Å². The fourth-order valence-corrected chi connectivity index (χ4v) is 2.70. The van der Waals surface area contributed by atoms with Gasteiger partial charge in [0.2, 0.25) is 5.91 Å². The van der Waals surface area contributed by atoms with Gasteiger partial charge in [0.05, 0.1) is 0 Å². The molecule has 23 heavy (non-hydrogen) atoms. The molecule has 6 nitrogen and oxygen atoms in total. The van der Waals surface area contributed by atoms with Crippen molar-refractivity contribution >= 4 is 30.0 Å². The molecule has 0 aromatic heterocycles. The summed E-state index contributed by atoms with van der Waals surface area (Å²) < 4.78 is 0. The number of hydrogen-bond acceptors (Lipinski definition) is 3. The Labute approximate surface area is 143 Å². The molecule has 0 radical (unpaired) electrons. The van der Waals surface area contributed by atoms with Gasteiger partial charge < -0.3 is 21.7 Å². The average molecular weight is 341 g/mol. The Morgan fingerprint density at radius 1 is 1.26 bits per heavy atom. The van der Waals surface area contributed by atoms with Crippen molar-refractivity contribution in [3.05, 3.63) is 29.8 Å². The Hall–Kier alpha value is -1.79. The first-order valence-corrected chi connectivity index (χ1v) is 7.76. The van der Waals surface area contributed by atoms with E-state index < -0.39 is 6.03 Å². The molecule has 5 N–H and O–H groups in total. The van der Waals surface area contributed by atoms with Crippen molar-refractivity contribution in [3.8, 4) is 0 Å². The third-order valence-corrected chi connectivity index (χ3v) is 3.92. The van der Waals surface area contributed by atoms with Gasteiger partial charge in [-0.05, 0) is 56.0 Å². The van der Waals surface area contributed by atoms with Gasteiger partial charge in [0.15, 0.2) is 0 Å². The van der Waals surface area contributed by atoms with E-state index in [1.165, 1.54) is 0 Å². The number of primary amides is 1. The SMILES string of the molecule is Cl.NC(=O)Nc1cccc(CNC(=O)CCC2CCNCC2)c1. The highest BCUT2D eigenvalue weighted by atomic mass is 35.5. The van der Waals surface area contributed by atoms with Crippen LogP contribution in [0, 0.1) is 5.92 Å². The molecule has 1 aliphatic heterocycles. The molecule has 0 atom stereocenters. The Bertz CT molecular complexity index is 519. The molecule has 1 heterocycles. The molecule has 1 aromatic rings. The molecule has 1 aromatic carbocycles. The van der Waals surface area contributed by atoms with E-state index in [-0.39, 0.29) is 18.3 Å². The molecule has 1 aliphatic rings. The zero-order valence-electron chi connectivity index (χ0n) is 13.1. The van der Waals surface area contributed by atoms with Gasteiger partial charge in [0.25, 0.3) is 0 Å². The van der Waals surface area contributed by atoms with Gasteiger partial charge >= 0.3 is 6.03 Å². The molecule has 3 amide bonds. The number of amides is 3. The lowest BCUT2D eigenvalue weighted by atomic mass is 9.93. The van der Waals surface area contributed by atoms with Crippen molar-refractivity contribution in [2.45, 2.75) is 32.2 Å². The smallest absolute Gasteiger partial charge is 0.316 e. The minimum Gasteiger partial charge on any atom is -0.352 e. The van der Waals surface area contributed by atoms with E-state index in [9.17, 15) is 9.59 Å². The molecule has 0 bridgehead atoms. The van der Waals surface area contributed by atoms with Crippen LogP contribution in [0.2, 0.25) is 0 Å². The van der Waals surface area contributed by atoms with Gasteiger partial charge in [0, 0.05) is 18.7 Å². The fourth-order valence-electron chi connectivity index (χ4n) is 2.70. The summed E-state index contributed by atoms with van der Waals surface area (Å²) in [6.45, 7) is 2.58. The largest absolute Gasteiger partial charge is 0.352 e. The molecule has 1 saturated heterocycles. The second kappa shape index (κ2) is 10.1. The topological polar surface area (TPSA) is 96.2 Å². The first kappa shape index (κ1) is 19.3. The number of hydrogen-bond donors (Lipinski definition) is 4. The molecule has 0 spiro atoms. The van der Waals surface area contributed by atoms with Gasteiger partial charge in [-0.25, -0.2) is 4.79 Å². The predicted molar refractivity (Wildman–Crippen MR) is 93.6 cm³/mol. The Morgan fingerprint density at radius 2 is 2.00 bits per heavy atom. The molecule has 0 saturated carbocycles. The third-order valence-electron chi connectivity index (χ3n) is 3.92. The average Bonchev–Trinajstić information content (AvgIpc) is 2.52. The first-order valence-electron chi connectivity index (χ1n) is 7.76. The van der Waals surface area contributed by atoms with E-state index in [0.29, 0.717) is 24.6 Å². The second-order valence-electron chi connectivity index (χ2n) is 5.70. The number of rotatable bonds is 6. The number of nitrogens with one attached hydrogen (secondary N) is 3. The van der Waals surface area contributed by atoms with Crippen molar-refractivity contribution in [3.63, 3.8) is 0 Å². The van der Waals surface area contributed by atoms with Crippen LogP contribution in [0.25, 0.3) is 0 Å². The minimum atomic E-state index is -0.594. The van der Waals surface area contributed by atoms with Crippen molar-refractivity contribution in [1.82, 2.24) is 10.6 Å². The molecular weight excluding hydrogens is 316 g/mol. The van der Waals surface area contributed by atoms with Crippen molar-refractivity contribution in [1.29, 1.82) is 0 Å². The van der Waals surface area contributed by atoms with Crippen molar-refractivity contribution in [2.24, 2.45) is 11.7 Å². The van der Waals surface area contributed by atoms with Crippen LogP contribution in [-0.4, -0.2) is 25.0 Å². The fraction of sp³-hybridized carbons (Fsp3) is 0.500. The van der Waals surface area contributed by atoms with E-state index in [1.807, 2.05) is 12.1 Å². The highest BCUT2D eigenvalue weighted by Gasteiger charge is 2.14. The summed E-state index contributed by atoms with van der Waals surface area (Å²) >= 11 is 0. The summed E-state index contributed by atoms with van der Waals surface area (Å²) in [5, 5.41) is 8.77. The Balaban J connectivity index is 0.00000264. The van der Waals surface area contributed by atoms with Gasteiger partial charge in [0.1, 0.15) is 0 Å². The highest BCUT2D eigenvalue weighted by Crippen LogP contribution is 2.17. The Morgan fingerprint density at radius 3 is 2.70 bits per heavy atom. The summed E-state index contributed by atoms with van der Waals surface area (Å²) in [7, 11) is 0. The first-order chi connectivity index (χ1) is 10.6.